The van der Waals surface area contributed by atoms with Gasteiger partial charge in [0.15, 0.2) is 6.61 Å². The van der Waals surface area contributed by atoms with Crippen molar-refractivity contribution < 1.29 is 28.7 Å². The van der Waals surface area contributed by atoms with Crippen LogP contribution in [0.3, 0.4) is 0 Å². The molecule has 0 radical (unpaired) electrons. The fourth-order valence-electron chi connectivity index (χ4n) is 2.44. The van der Waals surface area contributed by atoms with Crippen LogP contribution in [-0.4, -0.2) is 36.5 Å². The lowest BCUT2D eigenvalue weighted by Gasteiger charge is -2.09. The molecule has 0 bridgehead atoms. The molecular formula is C22H24N2O6. The van der Waals surface area contributed by atoms with Crippen LogP contribution < -0.4 is 10.6 Å². The van der Waals surface area contributed by atoms with Crippen LogP contribution in [0.2, 0.25) is 0 Å². The molecule has 0 heterocycles. The van der Waals surface area contributed by atoms with Gasteiger partial charge in [0.05, 0.1) is 18.1 Å². The second-order valence-corrected chi connectivity index (χ2v) is 6.80. The molecular weight excluding hydrogens is 388 g/mol. The van der Waals surface area contributed by atoms with Crippen LogP contribution in [-0.2, 0) is 30.3 Å². The van der Waals surface area contributed by atoms with E-state index >= 15 is 0 Å². The highest BCUT2D eigenvalue weighted by Gasteiger charge is 2.11. The van der Waals surface area contributed by atoms with E-state index in [2.05, 4.69) is 10.6 Å². The predicted molar refractivity (Wildman–Crippen MR) is 111 cm³/mol. The van der Waals surface area contributed by atoms with Crippen molar-refractivity contribution in [3.05, 3.63) is 59.7 Å². The fourth-order valence-corrected chi connectivity index (χ4v) is 2.44. The van der Waals surface area contributed by atoms with Crippen LogP contribution in [0.5, 0.6) is 0 Å². The van der Waals surface area contributed by atoms with E-state index < -0.39 is 24.5 Å². The Labute approximate surface area is 174 Å². The molecule has 2 aromatic rings. The smallest absolute Gasteiger partial charge is 0.338 e. The average molecular weight is 412 g/mol. The predicted octanol–water partition coefficient (Wildman–Crippen LogP) is 2.93. The van der Waals surface area contributed by atoms with E-state index in [4.69, 9.17) is 9.47 Å². The number of hydrogen-bond donors (Lipinski definition) is 2. The number of esters is 2. The van der Waals surface area contributed by atoms with Gasteiger partial charge in [0.25, 0.3) is 5.91 Å². The van der Waals surface area contributed by atoms with E-state index in [1.165, 1.54) is 19.1 Å². The minimum absolute atomic E-state index is 0.000289. The van der Waals surface area contributed by atoms with Crippen LogP contribution in [0.25, 0.3) is 0 Å². The summed E-state index contributed by atoms with van der Waals surface area (Å²) in [5.74, 6) is -1.67. The van der Waals surface area contributed by atoms with Gasteiger partial charge in [-0.3, -0.25) is 14.4 Å². The fraction of sp³-hybridized carbons (Fsp3) is 0.273. The Kier molecular flexibility index (Phi) is 8.10. The zero-order chi connectivity index (χ0) is 22.1. The molecule has 30 heavy (non-hydrogen) atoms. The minimum Gasteiger partial charge on any atom is -0.459 e. The third-order valence-corrected chi connectivity index (χ3v) is 3.73. The Morgan fingerprint density at radius 1 is 0.867 bits per heavy atom. The second kappa shape index (κ2) is 10.8. The molecule has 8 nitrogen and oxygen atoms in total. The molecule has 158 valence electrons. The van der Waals surface area contributed by atoms with Crippen molar-refractivity contribution in [3.63, 3.8) is 0 Å². The van der Waals surface area contributed by atoms with Crippen molar-refractivity contribution in [2.45, 2.75) is 33.3 Å². The summed E-state index contributed by atoms with van der Waals surface area (Å²) in [4.78, 5) is 46.7. The van der Waals surface area contributed by atoms with Crippen molar-refractivity contribution in [3.8, 4) is 0 Å². The molecule has 2 amide bonds. The van der Waals surface area contributed by atoms with E-state index in [1.807, 2.05) is 0 Å². The highest BCUT2D eigenvalue weighted by atomic mass is 16.5. The van der Waals surface area contributed by atoms with E-state index in [1.54, 1.807) is 50.2 Å². The van der Waals surface area contributed by atoms with Gasteiger partial charge >= 0.3 is 11.9 Å². The van der Waals surface area contributed by atoms with E-state index in [0.29, 0.717) is 22.5 Å². The van der Waals surface area contributed by atoms with Crippen molar-refractivity contribution in [1.29, 1.82) is 0 Å². The molecule has 8 heteroatoms. The molecule has 0 aromatic heterocycles. The van der Waals surface area contributed by atoms with Crippen LogP contribution in [0, 0.1) is 0 Å². The van der Waals surface area contributed by atoms with Gasteiger partial charge in [-0.2, -0.15) is 0 Å². The summed E-state index contributed by atoms with van der Waals surface area (Å²) in [6.45, 7) is 4.49. The Hall–Kier alpha value is -3.68. The Balaban J connectivity index is 1.77. The molecule has 0 aliphatic heterocycles. The Morgan fingerprint density at radius 3 is 2.00 bits per heavy atom. The van der Waals surface area contributed by atoms with Crippen molar-refractivity contribution in [2.24, 2.45) is 0 Å². The standard InChI is InChI=1S/C22H24N2O6/c1-14(2)30-22(28)17-6-10-19(11-7-17)24-20(26)13-29-21(27)12-16-4-8-18(9-5-16)23-15(3)25/h4-11,14H,12-13H2,1-3H3,(H,23,25)(H,24,26). The highest BCUT2D eigenvalue weighted by molar-refractivity contribution is 5.94. The average Bonchev–Trinajstić information content (AvgIpc) is 2.67. The van der Waals surface area contributed by atoms with E-state index in [0.717, 1.165) is 0 Å². The number of rotatable bonds is 8. The van der Waals surface area contributed by atoms with Crippen molar-refractivity contribution in [1.82, 2.24) is 0 Å². The molecule has 2 aromatic carbocycles. The molecule has 0 atom stereocenters. The highest BCUT2D eigenvalue weighted by Crippen LogP contribution is 2.12. The summed E-state index contributed by atoms with van der Waals surface area (Å²) in [7, 11) is 0. The summed E-state index contributed by atoms with van der Waals surface area (Å²) < 4.78 is 10.1. The number of nitrogens with one attached hydrogen (secondary N) is 2. The van der Waals surface area contributed by atoms with Crippen LogP contribution in [0.15, 0.2) is 48.5 Å². The van der Waals surface area contributed by atoms with Crippen LogP contribution in [0.4, 0.5) is 11.4 Å². The lowest BCUT2D eigenvalue weighted by molar-refractivity contribution is -0.146. The van der Waals surface area contributed by atoms with Gasteiger partial charge in [-0.15, -0.1) is 0 Å². The monoisotopic (exact) mass is 412 g/mol. The molecule has 0 saturated carbocycles. The Morgan fingerprint density at radius 2 is 1.43 bits per heavy atom. The normalized spacial score (nSPS) is 10.3. The molecule has 0 aliphatic rings. The summed E-state index contributed by atoms with van der Waals surface area (Å²) in [6.07, 6.45) is -0.220. The van der Waals surface area contributed by atoms with Crippen molar-refractivity contribution in [2.75, 3.05) is 17.2 Å². The van der Waals surface area contributed by atoms with Gasteiger partial charge in [0, 0.05) is 18.3 Å². The number of anilines is 2. The lowest BCUT2D eigenvalue weighted by Crippen LogP contribution is -2.21. The summed E-state index contributed by atoms with van der Waals surface area (Å²) in [5.41, 5.74) is 2.16. The van der Waals surface area contributed by atoms with Gasteiger partial charge in [-0.05, 0) is 55.8 Å². The Bertz CT molecular complexity index is 904. The first-order valence-corrected chi connectivity index (χ1v) is 9.36. The van der Waals surface area contributed by atoms with Gasteiger partial charge in [0.2, 0.25) is 5.91 Å². The van der Waals surface area contributed by atoms with Gasteiger partial charge in [-0.25, -0.2) is 4.79 Å². The van der Waals surface area contributed by atoms with Gasteiger partial charge in [-0.1, -0.05) is 12.1 Å². The zero-order valence-corrected chi connectivity index (χ0v) is 17.1. The second-order valence-electron chi connectivity index (χ2n) is 6.80. The molecule has 2 N–H and O–H groups in total. The molecule has 0 unspecified atom stereocenters. The molecule has 0 fully saturated rings. The summed E-state index contributed by atoms with van der Waals surface area (Å²) in [5, 5.41) is 5.22. The maximum absolute atomic E-state index is 12.0. The summed E-state index contributed by atoms with van der Waals surface area (Å²) >= 11 is 0. The van der Waals surface area contributed by atoms with Crippen LogP contribution >= 0.6 is 0 Å². The third-order valence-electron chi connectivity index (χ3n) is 3.73. The minimum atomic E-state index is -0.552. The number of ether oxygens (including phenoxy) is 2. The lowest BCUT2D eigenvalue weighted by atomic mass is 10.1. The largest absolute Gasteiger partial charge is 0.459 e. The SMILES string of the molecule is CC(=O)Nc1ccc(CC(=O)OCC(=O)Nc2ccc(C(=O)OC(C)C)cc2)cc1. The number of carbonyl (C=O) groups is 4. The first kappa shape index (κ1) is 22.6. The first-order valence-electron chi connectivity index (χ1n) is 9.36. The maximum atomic E-state index is 12.0. The van der Waals surface area contributed by atoms with E-state index in [9.17, 15) is 19.2 Å². The van der Waals surface area contributed by atoms with E-state index in [-0.39, 0.29) is 18.4 Å². The van der Waals surface area contributed by atoms with Gasteiger partial charge < -0.3 is 20.1 Å². The number of carbonyl (C=O) groups excluding carboxylic acids is 4. The summed E-state index contributed by atoms with van der Waals surface area (Å²) in [6, 6.07) is 12.9. The first-order chi connectivity index (χ1) is 14.2. The molecule has 0 spiro atoms. The topological polar surface area (TPSA) is 111 Å². The van der Waals surface area contributed by atoms with Crippen molar-refractivity contribution >= 4 is 35.1 Å². The number of amides is 2. The van der Waals surface area contributed by atoms with Crippen LogP contribution in [0.1, 0.15) is 36.7 Å². The molecule has 2 rings (SSSR count). The zero-order valence-electron chi connectivity index (χ0n) is 17.1. The van der Waals surface area contributed by atoms with Gasteiger partial charge in [0.1, 0.15) is 0 Å². The number of benzene rings is 2. The number of hydrogen-bond acceptors (Lipinski definition) is 6. The third kappa shape index (κ3) is 7.75. The molecule has 0 saturated heterocycles. The maximum Gasteiger partial charge on any atom is 0.338 e. The quantitative estimate of drug-likeness (QED) is 0.645. The molecule has 0 aliphatic carbocycles.